The Morgan fingerprint density at radius 2 is 0.743 bits per heavy atom. The average molecular weight is 1010 g/mol. The number of benzene rings is 8. The van der Waals surface area contributed by atoms with Crippen molar-refractivity contribution in [3.8, 4) is 34.1 Å². The van der Waals surface area contributed by atoms with Crippen LogP contribution in [0.2, 0.25) is 0 Å². The largest absolute Gasteiger partial charge is 0.488 e. The van der Waals surface area contributed by atoms with E-state index >= 15 is 26.3 Å². The molecule has 0 radical (unpaired) electrons. The third-order valence-corrected chi connectivity index (χ3v) is 14.1. The van der Waals surface area contributed by atoms with E-state index in [0.717, 1.165) is 52.1 Å². The summed E-state index contributed by atoms with van der Waals surface area (Å²) in [6.07, 6.45) is -8.51. The predicted octanol–water partition coefficient (Wildman–Crippen LogP) is 18.9. The quantitative estimate of drug-likeness (QED) is 0.0630. The normalized spacial score (nSPS) is 13.0. The highest BCUT2D eigenvalue weighted by molar-refractivity contribution is 5.85. The van der Waals surface area contributed by atoms with Gasteiger partial charge in [-0.15, -0.1) is 0 Å². The lowest BCUT2D eigenvalue weighted by Gasteiger charge is -2.37. The van der Waals surface area contributed by atoms with Crippen LogP contribution >= 0.6 is 0 Å². The summed E-state index contributed by atoms with van der Waals surface area (Å²) in [5.74, 6) is -3.46. The number of anilines is 6. The molecule has 8 rings (SSSR count). The van der Waals surface area contributed by atoms with Gasteiger partial charge in [-0.25, -0.2) is 0 Å². The number of rotatable bonds is 22. The summed E-state index contributed by atoms with van der Waals surface area (Å²) in [5, 5.41) is 1.38. The van der Waals surface area contributed by atoms with Crippen molar-refractivity contribution < 1.29 is 45.3 Å². The van der Waals surface area contributed by atoms with E-state index in [1.807, 2.05) is 152 Å². The number of para-hydroxylation sites is 2. The topological polar surface area (TPSA) is 43.4 Å². The van der Waals surface area contributed by atoms with E-state index in [-0.39, 0.29) is 35.7 Å². The van der Waals surface area contributed by atoms with Crippen molar-refractivity contribution in [1.29, 1.82) is 0 Å². The van der Waals surface area contributed by atoms with Crippen molar-refractivity contribution in [2.75, 3.05) is 9.80 Å². The molecule has 0 N–H and O–H groups in total. The number of fused-ring (bicyclic) bond motifs is 1. The van der Waals surface area contributed by atoms with Gasteiger partial charge in [0.2, 0.25) is 0 Å². The predicted molar refractivity (Wildman–Crippen MR) is 285 cm³/mol. The number of alkyl halides is 6. The molecule has 0 aromatic heterocycles. The van der Waals surface area contributed by atoms with Crippen LogP contribution < -0.4 is 28.7 Å². The molecule has 2 unspecified atom stereocenters. The van der Waals surface area contributed by atoms with E-state index in [0.29, 0.717) is 22.5 Å². The Morgan fingerprint density at radius 3 is 1.14 bits per heavy atom. The van der Waals surface area contributed by atoms with Crippen molar-refractivity contribution in [3.63, 3.8) is 0 Å². The molecule has 0 saturated carbocycles. The van der Waals surface area contributed by atoms with Crippen LogP contribution in [0.3, 0.4) is 0 Å². The molecule has 0 amide bonds. The summed E-state index contributed by atoms with van der Waals surface area (Å²) in [6.45, 7) is 10.7. The molecule has 0 fully saturated rings. The van der Waals surface area contributed by atoms with E-state index in [1.165, 1.54) is 43.3 Å². The second-order valence-electron chi connectivity index (χ2n) is 18.8. The lowest BCUT2D eigenvalue weighted by Crippen LogP contribution is -2.48. The summed E-state index contributed by atoms with van der Waals surface area (Å²) >= 11 is 0. The van der Waals surface area contributed by atoms with Crippen LogP contribution in [0.4, 0.5) is 60.5 Å². The molecule has 12 heteroatoms. The Bertz CT molecular complexity index is 3060. The highest BCUT2D eigenvalue weighted by Crippen LogP contribution is 2.47. The molecular weight excluding hydrogens is 951 g/mol. The minimum absolute atomic E-state index is 0.0102. The maximum Gasteiger partial charge on any atom is 0.468 e. The summed E-state index contributed by atoms with van der Waals surface area (Å²) in [6, 6.07) is 57.5. The minimum Gasteiger partial charge on any atom is -0.488 e. The first-order valence-electron chi connectivity index (χ1n) is 24.9. The summed E-state index contributed by atoms with van der Waals surface area (Å²) < 4.78 is 113. The Morgan fingerprint density at radius 1 is 0.392 bits per heavy atom. The van der Waals surface area contributed by atoms with Crippen molar-refractivity contribution in [3.05, 3.63) is 194 Å². The van der Waals surface area contributed by atoms with E-state index in [2.05, 4.69) is 0 Å². The van der Waals surface area contributed by atoms with Crippen LogP contribution in [0.15, 0.2) is 194 Å². The molecule has 0 heterocycles. The van der Waals surface area contributed by atoms with Gasteiger partial charge in [0.25, 0.3) is 0 Å². The van der Waals surface area contributed by atoms with Gasteiger partial charge < -0.3 is 28.7 Å². The Kier molecular flexibility index (Phi) is 15.9. The molecule has 2 atom stereocenters. The van der Waals surface area contributed by atoms with Crippen molar-refractivity contribution in [2.45, 2.75) is 97.6 Å². The number of ether oxygens (including phenoxy) is 4. The average Bonchev–Trinajstić information content (AvgIpc) is 3.42. The third kappa shape index (κ3) is 11.6. The van der Waals surface area contributed by atoms with Crippen LogP contribution in [0.1, 0.15) is 67.2 Å². The van der Waals surface area contributed by atoms with E-state index < -0.39 is 30.2 Å². The maximum absolute atomic E-state index is 15.3. The highest BCUT2D eigenvalue weighted by atomic mass is 19.3. The third-order valence-electron chi connectivity index (χ3n) is 14.1. The number of hydrogen-bond donors (Lipinski definition) is 0. The Balaban J connectivity index is 0.963. The maximum atomic E-state index is 15.3. The lowest BCUT2D eigenvalue weighted by atomic mass is 9.78. The number of hydrogen-bond acceptors (Lipinski definition) is 6. The SMILES string of the molecule is CCC(C)(CC)Oc1ccc2ccc(OC(F)(F)C(F)Oc3ccc(N(c4ccccc4)c4ccc(-c5ccc(N(c6ccccc6)c6ccc(OC(F)C(F)(F)C(C)(CC)CC)cc6)cc5)cc4)cc3)cc2c1. The molecule has 8 aromatic rings. The molecule has 74 heavy (non-hydrogen) atoms. The molecule has 0 saturated heterocycles. The van der Waals surface area contributed by atoms with Gasteiger partial charge in [0.1, 0.15) is 28.6 Å². The van der Waals surface area contributed by atoms with Gasteiger partial charge in [0.05, 0.1) is 0 Å². The van der Waals surface area contributed by atoms with Crippen molar-refractivity contribution in [1.82, 2.24) is 0 Å². The standard InChI is InChI=1S/C62H60F6N2O4/c1-7-59(5,8-2)61(65,66)57(63)71-53-37-31-51(32-38-53)69(47-17-13-11-14-18-47)49-27-21-43(22-28-49)44-23-29-50(30-24-44)70(48-19-15-12-16-20-48)52-33-39-54(40-34-52)72-58(64)62(67,68)74-56-36-26-45-25-35-55(41-46(45)42-56)73-60(6,9-3)10-4/h11-42,57-58H,7-10H2,1-6H3. The first-order valence-corrected chi connectivity index (χ1v) is 24.9. The smallest absolute Gasteiger partial charge is 0.468 e. The van der Waals surface area contributed by atoms with Crippen LogP contribution in [0.25, 0.3) is 21.9 Å². The minimum atomic E-state index is -4.33. The number of halogens is 6. The fourth-order valence-corrected chi connectivity index (χ4v) is 8.59. The fraction of sp³-hybridized carbons (Fsp3) is 0.258. The molecule has 6 nitrogen and oxygen atoms in total. The van der Waals surface area contributed by atoms with Gasteiger partial charge in [-0.3, -0.25) is 0 Å². The Hall–Kier alpha value is -7.60. The molecule has 0 spiro atoms. The molecule has 0 aliphatic heterocycles. The van der Waals surface area contributed by atoms with Gasteiger partial charge in [0.15, 0.2) is 0 Å². The van der Waals surface area contributed by atoms with Gasteiger partial charge in [-0.2, -0.15) is 26.3 Å². The van der Waals surface area contributed by atoms with E-state index in [1.54, 1.807) is 50.2 Å². The van der Waals surface area contributed by atoms with E-state index in [9.17, 15) is 0 Å². The molecule has 0 aliphatic carbocycles. The zero-order valence-electron chi connectivity index (χ0n) is 42.3. The highest BCUT2D eigenvalue weighted by Gasteiger charge is 2.56. The van der Waals surface area contributed by atoms with E-state index in [4.69, 9.17) is 18.9 Å². The van der Waals surface area contributed by atoms with Gasteiger partial charge in [-0.1, -0.05) is 107 Å². The lowest BCUT2D eigenvalue weighted by molar-refractivity contribution is -0.267. The fourth-order valence-electron chi connectivity index (χ4n) is 8.59. The second kappa shape index (κ2) is 22.3. The molecule has 8 aromatic carbocycles. The van der Waals surface area contributed by atoms with Gasteiger partial charge in [-0.05, 0) is 176 Å². The summed E-state index contributed by atoms with van der Waals surface area (Å²) in [5.41, 5.74) is 4.56. The Labute approximate surface area is 429 Å². The van der Waals surface area contributed by atoms with Crippen LogP contribution in [0.5, 0.6) is 23.0 Å². The zero-order chi connectivity index (χ0) is 52.7. The first kappa shape index (κ1) is 52.7. The van der Waals surface area contributed by atoms with Crippen molar-refractivity contribution >= 4 is 44.9 Å². The monoisotopic (exact) mass is 1010 g/mol. The molecular formula is C62H60F6N2O4. The second-order valence-corrected chi connectivity index (χ2v) is 18.8. The van der Waals surface area contributed by atoms with Gasteiger partial charge in [0, 0.05) is 39.5 Å². The zero-order valence-corrected chi connectivity index (χ0v) is 42.3. The molecule has 384 valence electrons. The van der Waals surface area contributed by atoms with Crippen LogP contribution in [0, 0.1) is 5.41 Å². The van der Waals surface area contributed by atoms with Crippen LogP contribution in [-0.2, 0) is 0 Å². The summed E-state index contributed by atoms with van der Waals surface area (Å²) in [4.78, 5) is 3.97. The molecule has 0 bridgehead atoms. The first-order chi connectivity index (χ1) is 35.5. The van der Waals surface area contributed by atoms with Crippen molar-refractivity contribution in [2.24, 2.45) is 5.41 Å². The van der Waals surface area contributed by atoms with Gasteiger partial charge >= 0.3 is 24.7 Å². The number of nitrogens with zero attached hydrogens (tertiary/aromatic N) is 2. The molecule has 0 aliphatic rings. The van der Waals surface area contributed by atoms with Crippen LogP contribution in [-0.4, -0.2) is 30.3 Å². The summed E-state index contributed by atoms with van der Waals surface area (Å²) in [7, 11) is 0.